The first-order chi connectivity index (χ1) is 10.6. The summed E-state index contributed by atoms with van der Waals surface area (Å²) in [7, 11) is 1.71. The topological polar surface area (TPSA) is 51.7 Å². The number of pyridine rings is 1. The molecular weight excluding hydrogens is 280 g/mol. The lowest BCUT2D eigenvalue weighted by molar-refractivity contribution is 0.0281. The van der Waals surface area contributed by atoms with Gasteiger partial charge in [-0.15, -0.1) is 0 Å². The van der Waals surface area contributed by atoms with E-state index in [0.29, 0.717) is 12.2 Å². The zero-order valence-corrected chi connectivity index (χ0v) is 13.4. The van der Waals surface area contributed by atoms with Crippen molar-refractivity contribution in [3.8, 4) is 0 Å². The quantitative estimate of drug-likeness (QED) is 0.857. The molecule has 0 saturated carbocycles. The molecule has 0 N–H and O–H groups in total. The highest BCUT2D eigenvalue weighted by Crippen LogP contribution is 2.42. The highest BCUT2D eigenvalue weighted by molar-refractivity contribution is 5.94. The van der Waals surface area contributed by atoms with Gasteiger partial charge in [0.15, 0.2) is 0 Å². The van der Waals surface area contributed by atoms with Crippen molar-refractivity contribution in [2.75, 3.05) is 33.4 Å². The van der Waals surface area contributed by atoms with Gasteiger partial charge in [-0.1, -0.05) is 0 Å². The van der Waals surface area contributed by atoms with E-state index in [1.54, 1.807) is 13.3 Å². The summed E-state index contributed by atoms with van der Waals surface area (Å²) in [5.41, 5.74) is 1.86. The fourth-order valence-electron chi connectivity index (χ4n) is 3.50. The number of hydrogen-bond acceptors (Lipinski definition) is 4. The van der Waals surface area contributed by atoms with Gasteiger partial charge in [0.05, 0.1) is 24.9 Å². The Labute approximate surface area is 131 Å². The van der Waals surface area contributed by atoms with Gasteiger partial charge in [0, 0.05) is 32.1 Å². The Balaban J connectivity index is 1.58. The first-order valence-electron chi connectivity index (χ1n) is 7.94. The Kier molecular flexibility index (Phi) is 4.45. The van der Waals surface area contributed by atoms with Gasteiger partial charge in [-0.25, -0.2) is 0 Å². The molecule has 2 aliphatic heterocycles. The van der Waals surface area contributed by atoms with Crippen LogP contribution in [-0.2, 0) is 9.47 Å². The SMILES string of the molecule is COC[C@@H]1CC2(CCN(C(=O)c3ccc(C)nc3)CC2)CO1. The lowest BCUT2D eigenvalue weighted by atomic mass is 9.76. The average molecular weight is 304 g/mol. The van der Waals surface area contributed by atoms with Crippen LogP contribution in [0.2, 0.25) is 0 Å². The maximum Gasteiger partial charge on any atom is 0.255 e. The standard InChI is InChI=1S/C17H24N2O3/c1-13-3-4-14(10-18-13)16(20)19-7-5-17(6-8-19)9-15(11-21-2)22-12-17/h3-4,10,15H,5-9,11-12H2,1-2H3/t15-/m0/s1. The number of nitrogens with zero attached hydrogens (tertiary/aromatic N) is 2. The lowest BCUT2D eigenvalue weighted by Gasteiger charge is -2.38. The number of amides is 1. The summed E-state index contributed by atoms with van der Waals surface area (Å²) in [6.45, 7) is 5.00. The van der Waals surface area contributed by atoms with Crippen LogP contribution >= 0.6 is 0 Å². The fourth-order valence-corrected chi connectivity index (χ4v) is 3.50. The second kappa shape index (κ2) is 6.34. The Bertz CT molecular complexity index is 521. The van der Waals surface area contributed by atoms with Gasteiger partial charge in [-0.3, -0.25) is 9.78 Å². The number of rotatable bonds is 3. The van der Waals surface area contributed by atoms with Gasteiger partial charge in [0.25, 0.3) is 5.91 Å². The maximum absolute atomic E-state index is 12.5. The number of ether oxygens (including phenoxy) is 2. The smallest absolute Gasteiger partial charge is 0.255 e. The van der Waals surface area contributed by atoms with E-state index in [9.17, 15) is 4.79 Å². The van der Waals surface area contributed by atoms with E-state index in [1.807, 2.05) is 24.0 Å². The number of aromatic nitrogens is 1. The van der Waals surface area contributed by atoms with Crippen molar-refractivity contribution in [1.82, 2.24) is 9.88 Å². The summed E-state index contributed by atoms with van der Waals surface area (Å²) < 4.78 is 11.0. The van der Waals surface area contributed by atoms with Crippen LogP contribution in [0.1, 0.15) is 35.3 Å². The Morgan fingerprint density at radius 1 is 1.45 bits per heavy atom. The van der Waals surface area contributed by atoms with Crippen LogP contribution in [0.4, 0.5) is 0 Å². The largest absolute Gasteiger partial charge is 0.382 e. The van der Waals surface area contributed by atoms with Gasteiger partial charge in [-0.2, -0.15) is 0 Å². The van der Waals surface area contributed by atoms with Crippen molar-refractivity contribution in [2.24, 2.45) is 5.41 Å². The van der Waals surface area contributed by atoms with E-state index < -0.39 is 0 Å². The molecular formula is C17H24N2O3. The molecule has 1 aromatic rings. The van der Waals surface area contributed by atoms with Crippen molar-refractivity contribution in [3.05, 3.63) is 29.6 Å². The molecule has 1 atom stereocenters. The van der Waals surface area contributed by atoms with Crippen LogP contribution in [0.3, 0.4) is 0 Å². The average Bonchev–Trinajstić information content (AvgIpc) is 2.91. The van der Waals surface area contributed by atoms with Gasteiger partial charge in [0.2, 0.25) is 0 Å². The molecule has 120 valence electrons. The van der Waals surface area contributed by atoms with Crippen LogP contribution in [0.5, 0.6) is 0 Å². The van der Waals surface area contributed by atoms with E-state index >= 15 is 0 Å². The van der Waals surface area contributed by atoms with Crippen LogP contribution in [0, 0.1) is 12.3 Å². The van der Waals surface area contributed by atoms with Crippen molar-refractivity contribution in [3.63, 3.8) is 0 Å². The third-order valence-electron chi connectivity index (χ3n) is 4.91. The van der Waals surface area contributed by atoms with E-state index in [4.69, 9.17) is 9.47 Å². The number of aryl methyl sites for hydroxylation is 1. The van der Waals surface area contributed by atoms with Crippen molar-refractivity contribution in [1.29, 1.82) is 0 Å². The van der Waals surface area contributed by atoms with Crippen molar-refractivity contribution < 1.29 is 14.3 Å². The second-order valence-corrected chi connectivity index (χ2v) is 6.57. The minimum Gasteiger partial charge on any atom is -0.382 e. The Morgan fingerprint density at radius 2 is 2.23 bits per heavy atom. The predicted molar refractivity (Wildman–Crippen MR) is 82.8 cm³/mol. The van der Waals surface area contributed by atoms with E-state index in [-0.39, 0.29) is 17.4 Å². The monoisotopic (exact) mass is 304 g/mol. The molecule has 0 aliphatic carbocycles. The molecule has 22 heavy (non-hydrogen) atoms. The normalized spacial score (nSPS) is 23.9. The predicted octanol–water partition coefficient (Wildman–Crippen LogP) is 2.05. The summed E-state index contributed by atoms with van der Waals surface area (Å²) in [6.07, 6.45) is 4.97. The van der Waals surface area contributed by atoms with Crippen LogP contribution in [0.25, 0.3) is 0 Å². The number of methoxy groups -OCH3 is 1. The molecule has 5 heteroatoms. The molecule has 2 aliphatic rings. The zero-order chi connectivity index (χ0) is 15.6. The first kappa shape index (κ1) is 15.4. The molecule has 1 aromatic heterocycles. The minimum atomic E-state index is 0.0923. The summed E-state index contributed by atoms with van der Waals surface area (Å²) in [5, 5.41) is 0. The number of carbonyl (C=O) groups excluding carboxylic acids is 1. The lowest BCUT2D eigenvalue weighted by Crippen LogP contribution is -2.43. The molecule has 2 saturated heterocycles. The molecule has 5 nitrogen and oxygen atoms in total. The van der Waals surface area contributed by atoms with Gasteiger partial charge in [0.1, 0.15) is 0 Å². The molecule has 0 aromatic carbocycles. The minimum absolute atomic E-state index is 0.0923. The van der Waals surface area contributed by atoms with Crippen LogP contribution < -0.4 is 0 Å². The molecule has 3 rings (SSSR count). The number of piperidine rings is 1. The maximum atomic E-state index is 12.5. The summed E-state index contributed by atoms with van der Waals surface area (Å²) in [4.78, 5) is 18.7. The number of likely N-dealkylation sites (tertiary alicyclic amines) is 1. The third kappa shape index (κ3) is 3.15. The van der Waals surface area contributed by atoms with Gasteiger partial charge < -0.3 is 14.4 Å². The molecule has 0 bridgehead atoms. The molecule has 0 radical (unpaired) electrons. The zero-order valence-electron chi connectivity index (χ0n) is 13.4. The van der Waals surface area contributed by atoms with Crippen molar-refractivity contribution >= 4 is 5.91 Å². The summed E-state index contributed by atoms with van der Waals surface area (Å²) in [5.74, 6) is 0.0923. The molecule has 2 fully saturated rings. The molecule has 1 amide bonds. The molecule has 1 spiro atoms. The third-order valence-corrected chi connectivity index (χ3v) is 4.91. The van der Waals surface area contributed by atoms with E-state index in [0.717, 1.165) is 44.7 Å². The van der Waals surface area contributed by atoms with Crippen LogP contribution in [0.15, 0.2) is 18.3 Å². The van der Waals surface area contributed by atoms with E-state index in [1.165, 1.54) is 0 Å². The summed E-state index contributed by atoms with van der Waals surface area (Å²) in [6, 6.07) is 3.75. The number of hydrogen-bond donors (Lipinski definition) is 0. The number of carbonyl (C=O) groups is 1. The highest BCUT2D eigenvalue weighted by atomic mass is 16.5. The van der Waals surface area contributed by atoms with Gasteiger partial charge in [-0.05, 0) is 43.7 Å². The second-order valence-electron chi connectivity index (χ2n) is 6.57. The van der Waals surface area contributed by atoms with Crippen molar-refractivity contribution in [2.45, 2.75) is 32.3 Å². The van der Waals surface area contributed by atoms with E-state index in [2.05, 4.69) is 4.98 Å². The Hall–Kier alpha value is -1.46. The summed E-state index contributed by atoms with van der Waals surface area (Å²) >= 11 is 0. The molecule has 3 heterocycles. The van der Waals surface area contributed by atoms with Gasteiger partial charge >= 0.3 is 0 Å². The first-order valence-corrected chi connectivity index (χ1v) is 7.94. The Morgan fingerprint density at radius 3 is 2.86 bits per heavy atom. The fraction of sp³-hybridized carbons (Fsp3) is 0.647. The molecule has 0 unspecified atom stereocenters. The highest BCUT2D eigenvalue weighted by Gasteiger charge is 2.43. The van der Waals surface area contributed by atoms with Crippen LogP contribution in [-0.4, -0.2) is 55.3 Å².